The minimum atomic E-state index is 0.0865. The highest BCUT2D eigenvalue weighted by molar-refractivity contribution is 6.33. The number of ether oxygens (including phenoxy) is 1. The quantitative estimate of drug-likeness (QED) is 0.811. The van der Waals surface area contributed by atoms with E-state index in [0.29, 0.717) is 12.3 Å². The Morgan fingerprint density at radius 3 is 2.71 bits per heavy atom. The topological polar surface area (TPSA) is 41.5 Å². The zero-order valence-electron chi connectivity index (χ0n) is 8.52. The van der Waals surface area contributed by atoms with Crippen LogP contribution in [0.4, 0.5) is 0 Å². The molecule has 0 saturated carbocycles. The summed E-state index contributed by atoms with van der Waals surface area (Å²) in [4.78, 5) is 0. The molecule has 0 spiro atoms. The van der Waals surface area contributed by atoms with Gasteiger partial charge < -0.3 is 15.2 Å². The van der Waals surface area contributed by atoms with Crippen molar-refractivity contribution in [3.63, 3.8) is 0 Å². The average Bonchev–Trinajstić information content (AvgIpc) is 2.15. The van der Waals surface area contributed by atoms with Crippen LogP contribution < -0.4 is 10.1 Å². The Labute approximate surface area is 88.7 Å². The zero-order chi connectivity index (χ0) is 10.7. The number of rotatable bonds is 3. The van der Waals surface area contributed by atoms with E-state index in [1.165, 1.54) is 7.11 Å². The number of nitrogens with one attached hydrogen (secondary N) is 1. The van der Waals surface area contributed by atoms with Gasteiger partial charge >= 0.3 is 0 Å². The maximum atomic E-state index is 9.71. The molecule has 0 bridgehead atoms. The average molecular weight is 216 g/mol. The first kappa shape index (κ1) is 11.1. The van der Waals surface area contributed by atoms with Gasteiger partial charge in [-0.2, -0.15) is 0 Å². The molecule has 0 fully saturated rings. The number of aromatic hydroxyl groups is 1. The third-order valence-electron chi connectivity index (χ3n) is 2.03. The molecular formula is C10H14ClNO2. The van der Waals surface area contributed by atoms with Gasteiger partial charge in [-0.3, -0.25) is 0 Å². The van der Waals surface area contributed by atoms with E-state index in [1.807, 2.05) is 20.0 Å². The molecule has 0 atom stereocenters. The second-order valence-corrected chi connectivity index (χ2v) is 3.46. The summed E-state index contributed by atoms with van der Waals surface area (Å²) in [6, 6.07) is 1.86. The maximum Gasteiger partial charge on any atom is 0.144 e. The minimum Gasteiger partial charge on any atom is -0.506 e. The van der Waals surface area contributed by atoms with Crippen LogP contribution in [0, 0.1) is 6.92 Å². The van der Waals surface area contributed by atoms with Gasteiger partial charge in [-0.15, -0.1) is 0 Å². The molecule has 0 aromatic heterocycles. The number of benzene rings is 1. The lowest BCUT2D eigenvalue weighted by atomic mass is 10.1. The Morgan fingerprint density at radius 2 is 2.21 bits per heavy atom. The summed E-state index contributed by atoms with van der Waals surface area (Å²) in [6.07, 6.45) is 0. The van der Waals surface area contributed by atoms with Gasteiger partial charge in [0.25, 0.3) is 0 Å². The number of phenolic OH excluding ortho intramolecular Hbond substituents is 1. The van der Waals surface area contributed by atoms with Gasteiger partial charge in [0.2, 0.25) is 0 Å². The molecule has 0 amide bonds. The van der Waals surface area contributed by atoms with Crippen molar-refractivity contribution in [3.05, 3.63) is 22.2 Å². The van der Waals surface area contributed by atoms with Crippen molar-refractivity contribution in [2.75, 3.05) is 14.2 Å². The lowest BCUT2D eigenvalue weighted by Crippen LogP contribution is -2.06. The van der Waals surface area contributed by atoms with E-state index >= 15 is 0 Å². The van der Waals surface area contributed by atoms with Gasteiger partial charge in [0, 0.05) is 12.1 Å². The van der Waals surface area contributed by atoms with E-state index in [-0.39, 0.29) is 10.8 Å². The van der Waals surface area contributed by atoms with Crippen LogP contribution in [0.1, 0.15) is 11.1 Å². The van der Waals surface area contributed by atoms with Gasteiger partial charge in [-0.25, -0.2) is 0 Å². The van der Waals surface area contributed by atoms with Crippen LogP contribution in [0.3, 0.4) is 0 Å². The number of hydrogen-bond donors (Lipinski definition) is 2. The van der Waals surface area contributed by atoms with Crippen molar-refractivity contribution in [1.29, 1.82) is 0 Å². The zero-order valence-corrected chi connectivity index (χ0v) is 9.27. The first-order valence-electron chi connectivity index (χ1n) is 4.31. The standard InChI is InChI=1S/C10H14ClNO2/c1-6-4-7(5-12-2)9(13)8(11)10(6)14-3/h4,12-13H,5H2,1-3H3. The largest absolute Gasteiger partial charge is 0.506 e. The van der Waals surface area contributed by atoms with Gasteiger partial charge in [0.15, 0.2) is 0 Å². The molecule has 3 nitrogen and oxygen atoms in total. The van der Waals surface area contributed by atoms with Gasteiger partial charge in [-0.05, 0) is 25.6 Å². The number of halogens is 1. The van der Waals surface area contributed by atoms with Crippen molar-refractivity contribution in [1.82, 2.24) is 5.32 Å². The summed E-state index contributed by atoms with van der Waals surface area (Å²) in [7, 11) is 3.35. The van der Waals surface area contributed by atoms with Gasteiger partial charge in [0.1, 0.15) is 16.5 Å². The maximum absolute atomic E-state index is 9.71. The first-order valence-corrected chi connectivity index (χ1v) is 4.69. The Balaban J connectivity index is 3.25. The highest BCUT2D eigenvalue weighted by Crippen LogP contribution is 2.38. The molecule has 0 saturated heterocycles. The summed E-state index contributed by atoms with van der Waals surface area (Å²) in [5, 5.41) is 12.9. The fraction of sp³-hybridized carbons (Fsp3) is 0.400. The summed E-state index contributed by atoms with van der Waals surface area (Å²) >= 11 is 5.94. The summed E-state index contributed by atoms with van der Waals surface area (Å²) < 4.78 is 5.08. The summed E-state index contributed by atoms with van der Waals surface area (Å²) in [5.74, 6) is 0.618. The van der Waals surface area contributed by atoms with E-state index < -0.39 is 0 Å². The number of phenols is 1. The molecule has 0 radical (unpaired) electrons. The molecule has 2 N–H and O–H groups in total. The number of aryl methyl sites for hydroxylation is 1. The molecule has 0 aliphatic rings. The van der Waals surface area contributed by atoms with Crippen molar-refractivity contribution in [2.24, 2.45) is 0 Å². The second-order valence-electron chi connectivity index (χ2n) is 3.08. The minimum absolute atomic E-state index is 0.0865. The van der Waals surface area contributed by atoms with Crippen molar-refractivity contribution >= 4 is 11.6 Å². The normalized spacial score (nSPS) is 10.3. The van der Waals surface area contributed by atoms with Gasteiger partial charge in [-0.1, -0.05) is 11.6 Å². The summed E-state index contributed by atoms with van der Waals surface area (Å²) in [6.45, 7) is 2.47. The van der Waals surface area contributed by atoms with Crippen molar-refractivity contribution in [2.45, 2.75) is 13.5 Å². The summed E-state index contributed by atoms with van der Waals surface area (Å²) in [5.41, 5.74) is 1.69. The second kappa shape index (κ2) is 4.53. The third kappa shape index (κ3) is 1.94. The van der Waals surface area contributed by atoms with Crippen molar-refractivity contribution in [3.8, 4) is 11.5 Å². The molecule has 14 heavy (non-hydrogen) atoms. The molecule has 4 heteroatoms. The van der Waals surface area contributed by atoms with Gasteiger partial charge in [0.05, 0.1) is 7.11 Å². The van der Waals surface area contributed by atoms with Crippen LogP contribution in [0.15, 0.2) is 6.07 Å². The van der Waals surface area contributed by atoms with E-state index in [9.17, 15) is 5.11 Å². The smallest absolute Gasteiger partial charge is 0.144 e. The van der Waals surface area contributed by atoms with Crippen molar-refractivity contribution < 1.29 is 9.84 Å². The fourth-order valence-corrected chi connectivity index (χ4v) is 1.74. The number of hydrogen-bond acceptors (Lipinski definition) is 3. The van der Waals surface area contributed by atoms with Crippen LogP contribution >= 0.6 is 11.6 Å². The Bertz CT molecular complexity index is 339. The highest BCUT2D eigenvalue weighted by Gasteiger charge is 2.13. The SMILES string of the molecule is CNCc1cc(C)c(OC)c(Cl)c1O. The predicted octanol–water partition coefficient (Wildman–Crippen LogP) is 2.08. The van der Waals surface area contributed by atoms with Crippen LogP contribution in [0.5, 0.6) is 11.5 Å². The third-order valence-corrected chi connectivity index (χ3v) is 2.38. The predicted molar refractivity (Wildman–Crippen MR) is 57.2 cm³/mol. The fourth-order valence-electron chi connectivity index (χ4n) is 1.39. The molecule has 0 aliphatic heterocycles. The highest BCUT2D eigenvalue weighted by atomic mass is 35.5. The van der Waals surface area contributed by atoms with Crippen LogP contribution in [0.25, 0.3) is 0 Å². The van der Waals surface area contributed by atoms with E-state index in [4.69, 9.17) is 16.3 Å². The van der Waals surface area contributed by atoms with Crippen LogP contribution in [-0.2, 0) is 6.54 Å². The molecule has 1 aromatic carbocycles. The van der Waals surface area contributed by atoms with Crippen LogP contribution in [0.2, 0.25) is 5.02 Å². The Morgan fingerprint density at radius 1 is 1.57 bits per heavy atom. The molecule has 78 valence electrons. The molecular weight excluding hydrogens is 202 g/mol. The van der Waals surface area contributed by atoms with E-state index in [0.717, 1.165) is 11.1 Å². The Hall–Kier alpha value is -0.930. The Kier molecular flexibility index (Phi) is 3.61. The number of methoxy groups -OCH3 is 1. The lowest BCUT2D eigenvalue weighted by Gasteiger charge is -2.12. The van der Waals surface area contributed by atoms with E-state index in [2.05, 4.69) is 5.32 Å². The molecule has 0 aliphatic carbocycles. The first-order chi connectivity index (χ1) is 6.61. The molecule has 1 rings (SSSR count). The molecule has 0 heterocycles. The lowest BCUT2D eigenvalue weighted by molar-refractivity contribution is 0.403. The van der Waals surface area contributed by atoms with Crippen LogP contribution in [-0.4, -0.2) is 19.3 Å². The monoisotopic (exact) mass is 215 g/mol. The molecule has 1 aromatic rings. The molecule has 0 unspecified atom stereocenters. The van der Waals surface area contributed by atoms with E-state index in [1.54, 1.807) is 0 Å².